The number of hydrogen-bond acceptors (Lipinski definition) is 5. The van der Waals surface area contributed by atoms with E-state index in [0.29, 0.717) is 31.9 Å². The number of benzene rings is 2. The van der Waals surface area contributed by atoms with Gasteiger partial charge in [-0.1, -0.05) is 12.1 Å². The summed E-state index contributed by atoms with van der Waals surface area (Å²) in [6, 6.07) is 12.5. The Morgan fingerprint density at radius 1 is 1.08 bits per heavy atom. The molecule has 1 aliphatic heterocycles. The summed E-state index contributed by atoms with van der Waals surface area (Å²) in [6.07, 6.45) is 0. The second kappa shape index (κ2) is 7.81. The number of hydrogen-bond donors (Lipinski definition) is 1. The molecule has 1 fully saturated rings. The monoisotopic (exact) mass is 358 g/mol. The summed E-state index contributed by atoms with van der Waals surface area (Å²) < 4.78 is 13.0. The van der Waals surface area contributed by atoms with Crippen molar-refractivity contribution >= 4 is 23.0 Å². The van der Waals surface area contributed by atoms with Gasteiger partial charge in [0, 0.05) is 37.9 Å². The zero-order chi connectivity index (χ0) is 18.5. The highest BCUT2D eigenvalue weighted by atomic mass is 19.1. The van der Waals surface area contributed by atoms with Gasteiger partial charge in [-0.15, -0.1) is 0 Å². The first-order chi connectivity index (χ1) is 12.5. The third-order valence-corrected chi connectivity index (χ3v) is 4.35. The lowest BCUT2D eigenvalue weighted by atomic mass is 10.2. The van der Waals surface area contributed by atoms with Gasteiger partial charge in [0.15, 0.2) is 0 Å². The minimum Gasteiger partial charge on any atom is -0.371 e. The van der Waals surface area contributed by atoms with Crippen molar-refractivity contribution < 1.29 is 14.1 Å². The molecule has 0 spiro atoms. The molecule has 1 saturated heterocycles. The van der Waals surface area contributed by atoms with Crippen LogP contribution in [0.1, 0.15) is 0 Å². The molecule has 136 valence electrons. The van der Waals surface area contributed by atoms with E-state index in [-0.39, 0.29) is 24.0 Å². The Kier molecular flexibility index (Phi) is 5.31. The van der Waals surface area contributed by atoms with Crippen LogP contribution in [0.5, 0.6) is 0 Å². The molecular weight excluding hydrogens is 339 g/mol. The van der Waals surface area contributed by atoms with E-state index >= 15 is 0 Å². The van der Waals surface area contributed by atoms with Crippen molar-refractivity contribution in [2.45, 2.75) is 0 Å². The number of amides is 1. The highest BCUT2D eigenvalue weighted by Crippen LogP contribution is 2.23. The summed E-state index contributed by atoms with van der Waals surface area (Å²) in [5.41, 5.74) is 1.20. The predicted molar refractivity (Wildman–Crippen MR) is 96.8 cm³/mol. The third kappa shape index (κ3) is 4.08. The van der Waals surface area contributed by atoms with E-state index in [0.717, 1.165) is 5.69 Å². The number of anilines is 2. The molecule has 0 aromatic heterocycles. The normalized spacial score (nSPS) is 14.2. The number of nitro groups is 1. The van der Waals surface area contributed by atoms with E-state index < -0.39 is 4.92 Å². The fraction of sp³-hybridized carbons (Fsp3) is 0.278. The largest absolute Gasteiger partial charge is 0.371 e. The molecule has 1 heterocycles. The molecule has 2 aromatic carbocycles. The molecule has 0 radical (unpaired) electrons. The van der Waals surface area contributed by atoms with Gasteiger partial charge in [-0.05, 0) is 30.3 Å². The first-order valence-electron chi connectivity index (χ1n) is 8.30. The quantitative estimate of drug-likeness (QED) is 0.656. The molecule has 1 amide bonds. The highest BCUT2D eigenvalue weighted by molar-refractivity contribution is 5.82. The number of nitrogens with one attached hydrogen (secondary N) is 1. The van der Waals surface area contributed by atoms with Crippen LogP contribution in [-0.2, 0) is 4.79 Å². The minimum atomic E-state index is -0.478. The summed E-state index contributed by atoms with van der Waals surface area (Å²) in [4.78, 5) is 26.7. The van der Waals surface area contributed by atoms with Crippen LogP contribution in [0.15, 0.2) is 48.5 Å². The summed E-state index contributed by atoms with van der Waals surface area (Å²) >= 11 is 0. The number of carbonyl (C=O) groups is 1. The van der Waals surface area contributed by atoms with Crippen LogP contribution in [0.3, 0.4) is 0 Å². The zero-order valence-electron chi connectivity index (χ0n) is 14.1. The number of carbonyl (C=O) groups excluding carboxylic acids is 1. The predicted octanol–water partition coefficient (Wildman–Crippen LogP) is 2.49. The van der Waals surface area contributed by atoms with Gasteiger partial charge < -0.3 is 15.1 Å². The number of halogens is 1. The number of nitrogens with zero attached hydrogens (tertiary/aromatic N) is 3. The molecule has 8 heteroatoms. The van der Waals surface area contributed by atoms with Crippen molar-refractivity contribution in [1.29, 1.82) is 0 Å². The maximum Gasteiger partial charge on any atom is 0.292 e. The van der Waals surface area contributed by atoms with Crippen LogP contribution in [0.2, 0.25) is 0 Å². The molecule has 7 nitrogen and oxygen atoms in total. The Balaban J connectivity index is 1.53. The lowest BCUT2D eigenvalue weighted by Crippen LogP contribution is -2.50. The standard InChI is InChI=1S/C18H19FN4O3/c19-14-5-7-15(8-6-14)21-9-11-22(12-10-21)18(24)13-20-16-3-1-2-4-17(16)23(25)26/h1-8,20H,9-13H2. The SMILES string of the molecule is O=C(CNc1ccccc1[N+](=O)[O-])N1CCN(c2ccc(F)cc2)CC1. The van der Waals surface area contributed by atoms with E-state index in [1.165, 1.54) is 18.2 Å². The molecule has 1 N–H and O–H groups in total. The van der Waals surface area contributed by atoms with E-state index in [4.69, 9.17) is 0 Å². The van der Waals surface area contributed by atoms with Crippen molar-refractivity contribution in [2.24, 2.45) is 0 Å². The Morgan fingerprint density at radius 2 is 1.73 bits per heavy atom. The Bertz CT molecular complexity index is 789. The summed E-state index contributed by atoms with van der Waals surface area (Å²) in [5.74, 6) is -0.384. The number of para-hydroxylation sites is 2. The van der Waals surface area contributed by atoms with Gasteiger partial charge in [0.05, 0.1) is 11.5 Å². The van der Waals surface area contributed by atoms with Crippen LogP contribution < -0.4 is 10.2 Å². The lowest BCUT2D eigenvalue weighted by molar-refractivity contribution is -0.383. The smallest absolute Gasteiger partial charge is 0.292 e. The molecule has 0 aliphatic carbocycles. The molecule has 0 unspecified atom stereocenters. The molecule has 1 aliphatic rings. The van der Waals surface area contributed by atoms with Crippen LogP contribution in [-0.4, -0.2) is 48.5 Å². The fourth-order valence-electron chi connectivity index (χ4n) is 2.93. The second-order valence-corrected chi connectivity index (χ2v) is 5.97. The van der Waals surface area contributed by atoms with E-state index in [1.54, 1.807) is 35.2 Å². The van der Waals surface area contributed by atoms with E-state index in [9.17, 15) is 19.3 Å². The summed E-state index contributed by atoms with van der Waals surface area (Å²) in [7, 11) is 0. The van der Waals surface area contributed by atoms with E-state index in [1.807, 2.05) is 0 Å². The maximum atomic E-state index is 13.0. The van der Waals surface area contributed by atoms with Crippen molar-refractivity contribution in [3.8, 4) is 0 Å². The first kappa shape index (κ1) is 17.7. The van der Waals surface area contributed by atoms with Crippen molar-refractivity contribution in [3.63, 3.8) is 0 Å². The molecule has 0 bridgehead atoms. The Morgan fingerprint density at radius 3 is 2.38 bits per heavy atom. The van der Waals surface area contributed by atoms with Gasteiger partial charge in [-0.2, -0.15) is 0 Å². The first-order valence-corrected chi connectivity index (χ1v) is 8.30. The molecule has 3 rings (SSSR count). The molecule has 0 atom stereocenters. The van der Waals surface area contributed by atoms with Crippen LogP contribution in [0.25, 0.3) is 0 Å². The zero-order valence-corrected chi connectivity index (χ0v) is 14.1. The van der Waals surface area contributed by atoms with Crippen molar-refractivity contribution in [1.82, 2.24) is 4.90 Å². The highest BCUT2D eigenvalue weighted by Gasteiger charge is 2.22. The summed E-state index contributed by atoms with van der Waals surface area (Å²) in [5, 5.41) is 13.9. The van der Waals surface area contributed by atoms with Crippen LogP contribution >= 0.6 is 0 Å². The van der Waals surface area contributed by atoms with Gasteiger partial charge >= 0.3 is 0 Å². The second-order valence-electron chi connectivity index (χ2n) is 5.97. The fourth-order valence-corrected chi connectivity index (χ4v) is 2.93. The molecule has 0 saturated carbocycles. The molecule has 2 aromatic rings. The van der Waals surface area contributed by atoms with Gasteiger partial charge in [0.1, 0.15) is 11.5 Å². The number of nitro benzene ring substituents is 1. The lowest BCUT2D eigenvalue weighted by Gasteiger charge is -2.36. The van der Waals surface area contributed by atoms with Crippen molar-refractivity contribution in [3.05, 3.63) is 64.5 Å². The third-order valence-electron chi connectivity index (χ3n) is 4.35. The Labute approximate surface area is 150 Å². The van der Waals surface area contributed by atoms with Crippen molar-refractivity contribution in [2.75, 3.05) is 42.9 Å². The van der Waals surface area contributed by atoms with Crippen LogP contribution in [0, 0.1) is 15.9 Å². The van der Waals surface area contributed by atoms with Gasteiger partial charge in [0.2, 0.25) is 5.91 Å². The minimum absolute atomic E-state index is 0.00139. The van der Waals surface area contributed by atoms with Gasteiger partial charge in [0.25, 0.3) is 5.69 Å². The average molecular weight is 358 g/mol. The maximum absolute atomic E-state index is 13.0. The van der Waals surface area contributed by atoms with E-state index in [2.05, 4.69) is 10.2 Å². The number of piperazine rings is 1. The average Bonchev–Trinajstić information content (AvgIpc) is 2.67. The topological polar surface area (TPSA) is 78.7 Å². The Hall–Kier alpha value is -3.16. The summed E-state index contributed by atoms with van der Waals surface area (Å²) in [6.45, 7) is 2.41. The number of rotatable bonds is 5. The van der Waals surface area contributed by atoms with Crippen LogP contribution in [0.4, 0.5) is 21.5 Å². The molecule has 26 heavy (non-hydrogen) atoms. The van der Waals surface area contributed by atoms with Gasteiger partial charge in [-0.25, -0.2) is 4.39 Å². The van der Waals surface area contributed by atoms with Gasteiger partial charge in [-0.3, -0.25) is 14.9 Å². The molecular formula is C18H19FN4O3.